The van der Waals surface area contributed by atoms with E-state index in [0.29, 0.717) is 6.04 Å². The molecule has 5 rings (SSSR count). The van der Waals surface area contributed by atoms with Crippen molar-refractivity contribution >= 4 is 5.57 Å². The SMILES string of the molecule is CC1(C)C2=CC(N(C3=CCCC=C3)C3=CC=CCC3)CC=C2c2ccccc21. The van der Waals surface area contributed by atoms with Crippen molar-refractivity contribution in [2.24, 2.45) is 0 Å². The minimum absolute atomic E-state index is 0.0738. The average Bonchev–Trinajstić information content (AvgIpc) is 2.97. The van der Waals surface area contributed by atoms with Gasteiger partial charge in [-0.3, -0.25) is 0 Å². The number of rotatable bonds is 3. The maximum absolute atomic E-state index is 2.61. The first kappa shape index (κ1) is 17.6. The lowest BCUT2D eigenvalue weighted by Gasteiger charge is -2.38. The van der Waals surface area contributed by atoms with Gasteiger partial charge in [0, 0.05) is 16.8 Å². The van der Waals surface area contributed by atoms with Gasteiger partial charge >= 0.3 is 0 Å². The van der Waals surface area contributed by atoms with Crippen LogP contribution < -0.4 is 0 Å². The maximum Gasteiger partial charge on any atom is 0.0559 e. The van der Waals surface area contributed by atoms with Gasteiger partial charge < -0.3 is 4.90 Å². The third-order valence-electron chi connectivity index (χ3n) is 6.66. The Morgan fingerprint density at radius 3 is 2.68 bits per heavy atom. The van der Waals surface area contributed by atoms with E-state index >= 15 is 0 Å². The molecule has 0 saturated heterocycles. The van der Waals surface area contributed by atoms with Gasteiger partial charge in [0.25, 0.3) is 0 Å². The maximum atomic E-state index is 2.61. The van der Waals surface area contributed by atoms with Crippen molar-refractivity contribution in [2.75, 3.05) is 0 Å². The lowest BCUT2D eigenvalue weighted by atomic mass is 9.79. The fourth-order valence-electron chi connectivity index (χ4n) is 5.23. The molecule has 1 heteroatoms. The van der Waals surface area contributed by atoms with Crippen LogP contribution in [0.3, 0.4) is 0 Å². The predicted molar refractivity (Wildman–Crippen MR) is 119 cm³/mol. The van der Waals surface area contributed by atoms with Crippen LogP contribution in [0.25, 0.3) is 5.57 Å². The molecule has 1 aromatic rings. The molecular weight excluding hydrogens is 338 g/mol. The van der Waals surface area contributed by atoms with Gasteiger partial charge in [0.15, 0.2) is 0 Å². The van der Waals surface area contributed by atoms with E-state index in [1.165, 1.54) is 33.7 Å². The summed E-state index contributed by atoms with van der Waals surface area (Å²) in [7, 11) is 0. The molecule has 1 atom stereocenters. The number of fused-ring (bicyclic) bond motifs is 3. The van der Waals surface area contributed by atoms with E-state index in [-0.39, 0.29) is 5.41 Å². The first-order valence-corrected chi connectivity index (χ1v) is 10.7. The van der Waals surface area contributed by atoms with Gasteiger partial charge in [0.2, 0.25) is 0 Å². The lowest BCUT2D eigenvalue weighted by molar-refractivity contribution is 0.353. The van der Waals surface area contributed by atoms with Crippen molar-refractivity contribution in [3.8, 4) is 0 Å². The Morgan fingerprint density at radius 1 is 1.00 bits per heavy atom. The van der Waals surface area contributed by atoms with Crippen LogP contribution in [0.5, 0.6) is 0 Å². The van der Waals surface area contributed by atoms with Crippen molar-refractivity contribution in [3.63, 3.8) is 0 Å². The molecule has 28 heavy (non-hydrogen) atoms. The fraction of sp³-hybridized carbons (Fsp3) is 0.333. The second-order valence-electron chi connectivity index (χ2n) is 8.78. The summed E-state index contributed by atoms with van der Waals surface area (Å²) in [5, 5.41) is 0. The van der Waals surface area contributed by atoms with E-state index in [2.05, 4.69) is 91.6 Å². The molecule has 0 heterocycles. The van der Waals surface area contributed by atoms with Gasteiger partial charge in [-0.25, -0.2) is 0 Å². The zero-order valence-corrected chi connectivity index (χ0v) is 17.0. The van der Waals surface area contributed by atoms with Crippen LogP contribution in [0.4, 0.5) is 0 Å². The zero-order chi connectivity index (χ0) is 19.1. The summed E-state index contributed by atoms with van der Waals surface area (Å²) in [6, 6.07) is 9.35. The zero-order valence-electron chi connectivity index (χ0n) is 17.0. The van der Waals surface area contributed by atoms with Gasteiger partial charge in [0.1, 0.15) is 0 Å². The number of benzene rings is 1. The van der Waals surface area contributed by atoms with Crippen LogP contribution in [-0.4, -0.2) is 10.9 Å². The normalized spacial score (nSPS) is 24.6. The third kappa shape index (κ3) is 2.76. The topological polar surface area (TPSA) is 3.24 Å². The summed E-state index contributed by atoms with van der Waals surface area (Å²) in [6.45, 7) is 4.77. The molecule has 0 N–H and O–H groups in total. The van der Waals surface area contributed by atoms with Gasteiger partial charge in [0.05, 0.1) is 6.04 Å². The highest BCUT2D eigenvalue weighted by atomic mass is 15.2. The van der Waals surface area contributed by atoms with Crippen molar-refractivity contribution in [1.29, 1.82) is 0 Å². The Morgan fingerprint density at radius 2 is 1.89 bits per heavy atom. The van der Waals surface area contributed by atoms with Crippen LogP contribution in [0.1, 0.15) is 57.1 Å². The molecule has 0 spiro atoms. The van der Waals surface area contributed by atoms with E-state index < -0.39 is 0 Å². The first-order valence-electron chi connectivity index (χ1n) is 10.7. The van der Waals surface area contributed by atoms with Crippen LogP contribution in [0.2, 0.25) is 0 Å². The molecule has 0 aromatic heterocycles. The Kier molecular flexibility index (Phi) is 4.27. The smallest absolute Gasteiger partial charge is 0.0559 e. The third-order valence-corrected chi connectivity index (χ3v) is 6.66. The van der Waals surface area contributed by atoms with Gasteiger partial charge in [-0.2, -0.15) is 0 Å². The summed E-state index contributed by atoms with van der Waals surface area (Å²) in [5.74, 6) is 0. The van der Waals surface area contributed by atoms with E-state index in [0.717, 1.165) is 32.1 Å². The van der Waals surface area contributed by atoms with E-state index in [1.54, 1.807) is 0 Å². The quantitative estimate of drug-likeness (QED) is 0.566. The molecule has 4 aliphatic rings. The molecule has 1 nitrogen and oxygen atoms in total. The highest BCUT2D eigenvalue weighted by Gasteiger charge is 2.40. The molecule has 0 radical (unpaired) electrons. The second kappa shape index (κ2) is 6.81. The van der Waals surface area contributed by atoms with Crippen molar-refractivity contribution in [1.82, 2.24) is 4.90 Å². The highest BCUT2D eigenvalue weighted by molar-refractivity contribution is 5.90. The Balaban J connectivity index is 1.57. The van der Waals surface area contributed by atoms with Gasteiger partial charge in [-0.05, 0) is 66.5 Å². The van der Waals surface area contributed by atoms with E-state index in [9.17, 15) is 0 Å². The average molecular weight is 368 g/mol. The molecule has 4 aliphatic carbocycles. The molecule has 0 fully saturated rings. The van der Waals surface area contributed by atoms with Crippen molar-refractivity contribution in [2.45, 2.75) is 57.4 Å². The molecule has 0 aliphatic heterocycles. The van der Waals surface area contributed by atoms with Crippen molar-refractivity contribution in [3.05, 3.63) is 101 Å². The van der Waals surface area contributed by atoms with Crippen LogP contribution in [0, 0.1) is 0 Å². The number of hydrogen-bond acceptors (Lipinski definition) is 1. The molecular formula is C27H29N. The predicted octanol–water partition coefficient (Wildman–Crippen LogP) is 6.83. The summed E-state index contributed by atoms with van der Waals surface area (Å²) >= 11 is 0. The minimum Gasteiger partial charge on any atom is -0.338 e. The summed E-state index contributed by atoms with van der Waals surface area (Å²) in [5.41, 5.74) is 8.76. The summed E-state index contributed by atoms with van der Waals surface area (Å²) in [6.07, 6.45) is 24.6. The van der Waals surface area contributed by atoms with Crippen LogP contribution >= 0.6 is 0 Å². The molecule has 142 valence electrons. The van der Waals surface area contributed by atoms with Gasteiger partial charge in [-0.1, -0.05) is 74.6 Å². The molecule has 1 aromatic carbocycles. The molecule has 0 amide bonds. The van der Waals surface area contributed by atoms with Crippen LogP contribution in [0.15, 0.2) is 89.8 Å². The van der Waals surface area contributed by atoms with E-state index in [4.69, 9.17) is 0 Å². The van der Waals surface area contributed by atoms with Gasteiger partial charge in [-0.15, -0.1) is 0 Å². The molecule has 1 unspecified atom stereocenters. The summed E-state index contributed by atoms with van der Waals surface area (Å²) < 4.78 is 0. The molecule has 0 bridgehead atoms. The summed E-state index contributed by atoms with van der Waals surface area (Å²) in [4.78, 5) is 2.61. The largest absolute Gasteiger partial charge is 0.338 e. The number of hydrogen-bond donors (Lipinski definition) is 0. The Labute approximate surface area is 169 Å². The number of nitrogens with zero attached hydrogens (tertiary/aromatic N) is 1. The highest BCUT2D eigenvalue weighted by Crippen LogP contribution is 2.51. The Bertz CT molecular complexity index is 977. The molecule has 0 saturated carbocycles. The second-order valence-corrected chi connectivity index (χ2v) is 8.78. The van der Waals surface area contributed by atoms with Crippen molar-refractivity contribution < 1.29 is 0 Å². The lowest BCUT2D eigenvalue weighted by Crippen LogP contribution is -2.35. The fourth-order valence-corrected chi connectivity index (χ4v) is 5.23. The standard InChI is InChI=1S/C27H29N/c1-27(2)25-16-10-9-15-23(25)24-18-17-22(19-26(24)27)28(20-11-5-3-6-12-20)21-13-7-4-8-14-21/h3,5,7,9-11,13-16,18-19,22H,4,6,8,12,17H2,1-2H3. The minimum atomic E-state index is 0.0738. The van der Waals surface area contributed by atoms with E-state index in [1.807, 2.05) is 0 Å². The van der Waals surface area contributed by atoms with Crippen LogP contribution in [-0.2, 0) is 5.41 Å². The first-order chi connectivity index (χ1) is 13.7. The Hall–Kier alpha value is -2.54. The number of allylic oxidation sites excluding steroid dienone is 9. The monoisotopic (exact) mass is 367 g/mol.